The lowest BCUT2D eigenvalue weighted by Crippen LogP contribution is -2.37. The van der Waals surface area contributed by atoms with Gasteiger partial charge in [0.2, 0.25) is 0 Å². The minimum Gasteiger partial charge on any atom is -0.478 e. The molecule has 5 nitrogen and oxygen atoms in total. The molecule has 0 aliphatic rings. The SMILES string of the molecule is CN(C(=O)NCc1cccs1)c1ccccc1C(=O)O. The van der Waals surface area contributed by atoms with Crippen LogP contribution in [0.25, 0.3) is 0 Å². The third kappa shape index (κ3) is 3.16. The highest BCUT2D eigenvalue weighted by atomic mass is 32.1. The van der Waals surface area contributed by atoms with E-state index in [0.29, 0.717) is 12.2 Å². The zero-order chi connectivity index (χ0) is 14.5. The Morgan fingerprint density at radius 2 is 2.00 bits per heavy atom. The van der Waals surface area contributed by atoms with Crippen LogP contribution >= 0.6 is 11.3 Å². The van der Waals surface area contributed by atoms with E-state index in [1.54, 1.807) is 36.6 Å². The highest BCUT2D eigenvalue weighted by Gasteiger charge is 2.17. The van der Waals surface area contributed by atoms with Crippen LogP contribution in [0.1, 0.15) is 15.2 Å². The molecule has 0 saturated carbocycles. The lowest BCUT2D eigenvalue weighted by molar-refractivity contribution is 0.0697. The van der Waals surface area contributed by atoms with E-state index in [9.17, 15) is 9.59 Å². The van der Waals surface area contributed by atoms with Crippen molar-refractivity contribution in [1.29, 1.82) is 0 Å². The highest BCUT2D eigenvalue weighted by molar-refractivity contribution is 7.09. The zero-order valence-electron chi connectivity index (χ0n) is 10.9. The van der Waals surface area contributed by atoms with Gasteiger partial charge in [0.05, 0.1) is 17.8 Å². The predicted molar refractivity (Wildman–Crippen MR) is 78.4 cm³/mol. The third-order valence-electron chi connectivity index (χ3n) is 2.79. The van der Waals surface area contributed by atoms with Crippen LogP contribution in [-0.4, -0.2) is 24.2 Å². The van der Waals surface area contributed by atoms with Gasteiger partial charge in [0, 0.05) is 11.9 Å². The maximum absolute atomic E-state index is 12.0. The van der Waals surface area contributed by atoms with Gasteiger partial charge in [0.15, 0.2) is 0 Å². The molecule has 0 aliphatic carbocycles. The lowest BCUT2D eigenvalue weighted by Gasteiger charge is -2.19. The minimum absolute atomic E-state index is 0.0984. The van der Waals surface area contributed by atoms with Crippen LogP contribution in [-0.2, 0) is 6.54 Å². The second-order valence-corrected chi connectivity index (χ2v) is 5.15. The van der Waals surface area contributed by atoms with E-state index in [0.717, 1.165) is 4.88 Å². The van der Waals surface area contributed by atoms with Crippen molar-refractivity contribution in [3.8, 4) is 0 Å². The van der Waals surface area contributed by atoms with Gasteiger partial charge in [-0.05, 0) is 23.6 Å². The topological polar surface area (TPSA) is 69.6 Å². The molecule has 0 atom stereocenters. The normalized spacial score (nSPS) is 10.1. The molecule has 0 radical (unpaired) electrons. The summed E-state index contributed by atoms with van der Waals surface area (Å²) in [5.74, 6) is -1.06. The molecule has 0 saturated heterocycles. The molecule has 0 aliphatic heterocycles. The van der Waals surface area contributed by atoms with Gasteiger partial charge in [-0.25, -0.2) is 9.59 Å². The van der Waals surface area contributed by atoms with Gasteiger partial charge in [0.1, 0.15) is 0 Å². The fourth-order valence-corrected chi connectivity index (χ4v) is 2.40. The van der Waals surface area contributed by atoms with Gasteiger partial charge in [0.25, 0.3) is 0 Å². The standard InChI is InChI=1S/C14H14N2O3S/c1-16(12-7-3-2-6-11(12)13(17)18)14(19)15-9-10-5-4-8-20-10/h2-8H,9H2,1H3,(H,15,19)(H,17,18). The summed E-state index contributed by atoms with van der Waals surface area (Å²) in [4.78, 5) is 25.5. The van der Waals surface area contributed by atoms with Gasteiger partial charge in [-0.3, -0.25) is 4.90 Å². The molecule has 1 aromatic heterocycles. The number of nitrogens with zero attached hydrogens (tertiary/aromatic N) is 1. The molecule has 1 heterocycles. The lowest BCUT2D eigenvalue weighted by atomic mass is 10.1. The monoisotopic (exact) mass is 290 g/mol. The molecule has 2 amide bonds. The van der Waals surface area contributed by atoms with Crippen LogP contribution in [0.4, 0.5) is 10.5 Å². The molecule has 2 rings (SSSR count). The Bertz CT molecular complexity index is 611. The van der Waals surface area contributed by atoms with E-state index in [-0.39, 0.29) is 11.6 Å². The van der Waals surface area contributed by atoms with Gasteiger partial charge < -0.3 is 10.4 Å². The third-order valence-corrected chi connectivity index (χ3v) is 3.67. The molecule has 1 aromatic carbocycles. The minimum atomic E-state index is -1.06. The average Bonchev–Trinajstić information content (AvgIpc) is 2.97. The Labute approximate surface area is 120 Å². The summed E-state index contributed by atoms with van der Waals surface area (Å²) in [6, 6.07) is 9.91. The largest absolute Gasteiger partial charge is 0.478 e. The Kier molecular flexibility index (Phi) is 4.37. The molecule has 6 heteroatoms. The van der Waals surface area contributed by atoms with Crippen LogP contribution in [0.2, 0.25) is 0 Å². The predicted octanol–water partition coefficient (Wildman–Crippen LogP) is 2.79. The first-order valence-corrected chi connectivity index (χ1v) is 6.84. The van der Waals surface area contributed by atoms with Crippen molar-refractivity contribution >= 4 is 29.0 Å². The number of amides is 2. The number of thiophene rings is 1. The summed E-state index contributed by atoms with van der Waals surface area (Å²) in [7, 11) is 1.55. The van der Waals surface area contributed by atoms with E-state index < -0.39 is 5.97 Å². The number of hydrogen-bond donors (Lipinski definition) is 2. The second kappa shape index (κ2) is 6.21. The van der Waals surface area contributed by atoms with Gasteiger partial charge in [-0.1, -0.05) is 18.2 Å². The number of nitrogens with one attached hydrogen (secondary N) is 1. The number of urea groups is 1. The zero-order valence-corrected chi connectivity index (χ0v) is 11.7. The molecule has 0 unspecified atom stereocenters. The first-order chi connectivity index (χ1) is 9.59. The maximum atomic E-state index is 12.0. The first kappa shape index (κ1) is 14.1. The van der Waals surface area contributed by atoms with E-state index in [2.05, 4.69) is 5.32 Å². The van der Waals surface area contributed by atoms with Crippen molar-refractivity contribution in [2.45, 2.75) is 6.54 Å². The molecule has 20 heavy (non-hydrogen) atoms. The summed E-state index contributed by atoms with van der Waals surface area (Å²) < 4.78 is 0. The number of anilines is 1. The summed E-state index contributed by atoms with van der Waals surface area (Å²) in [6.07, 6.45) is 0. The number of benzene rings is 1. The Morgan fingerprint density at radius 3 is 2.65 bits per heavy atom. The summed E-state index contributed by atoms with van der Waals surface area (Å²) in [5.41, 5.74) is 0.463. The average molecular weight is 290 g/mol. The fraction of sp³-hybridized carbons (Fsp3) is 0.143. The van der Waals surface area contributed by atoms with Crippen molar-refractivity contribution < 1.29 is 14.7 Å². The van der Waals surface area contributed by atoms with Crippen molar-refractivity contribution in [2.75, 3.05) is 11.9 Å². The quantitative estimate of drug-likeness (QED) is 0.909. The first-order valence-electron chi connectivity index (χ1n) is 5.96. The summed E-state index contributed by atoms with van der Waals surface area (Å²) in [5, 5.41) is 13.8. The molecule has 104 valence electrons. The molecular weight excluding hydrogens is 276 g/mol. The number of para-hydroxylation sites is 1. The van der Waals surface area contributed by atoms with Crippen molar-refractivity contribution in [3.05, 3.63) is 52.2 Å². The number of carboxylic acids is 1. The molecule has 0 bridgehead atoms. The molecule has 0 spiro atoms. The van der Waals surface area contributed by atoms with Crippen LogP contribution in [0, 0.1) is 0 Å². The van der Waals surface area contributed by atoms with E-state index in [4.69, 9.17) is 5.11 Å². The van der Waals surface area contributed by atoms with Crippen LogP contribution in [0.5, 0.6) is 0 Å². The van der Waals surface area contributed by atoms with Crippen LogP contribution in [0.15, 0.2) is 41.8 Å². The van der Waals surface area contributed by atoms with Gasteiger partial charge in [-0.15, -0.1) is 11.3 Å². The highest BCUT2D eigenvalue weighted by Crippen LogP contribution is 2.19. The van der Waals surface area contributed by atoms with Crippen molar-refractivity contribution in [3.63, 3.8) is 0 Å². The number of carbonyl (C=O) groups excluding carboxylic acids is 1. The molecule has 0 fully saturated rings. The Hall–Kier alpha value is -2.34. The number of aromatic carboxylic acids is 1. The maximum Gasteiger partial charge on any atom is 0.337 e. The fourth-order valence-electron chi connectivity index (χ4n) is 1.75. The number of carbonyl (C=O) groups is 2. The molecule has 2 N–H and O–H groups in total. The van der Waals surface area contributed by atoms with Crippen LogP contribution < -0.4 is 10.2 Å². The number of hydrogen-bond acceptors (Lipinski definition) is 3. The molecular formula is C14H14N2O3S. The van der Waals surface area contributed by atoms with Crippen molar-refractivity contribution in [2.24, 2.45) is 0 Å². The van der Waals surface area contributed by atoms with Crippen LogP contribution in [0.3, 0.4) is 0 Å². The van der Waals surface area contributed by atoms with E-state index in [1.807, 2.05) is 17.5 Å². The molecule has 2 aromatic rings. The van der Waals surface area contributed by atoms with E-state index >= 15 is 0 Å². The number of rotatable bonds is 4. The Morgan fingerprint density at radius 1 is 1.25 bits per heavy atom. The van der Waals surface area contributed by atoms with Gasteiger partial charge in [-0.2, -0.15) is 0 Å². The summed E-state index contributed by atoms with van der Waals surface area (Å²) in [6.45, 7) is 0.427. The smallest absolute Gasteiger partial charge is 0.337 e. The van der Waals surface area contributed by atoms with Crippen molar-refractivity contribution in [1.82, 2.24) is 5.32 Å². The van der Waals surface area contributed by atoms with Gasteiger partial charge >= 0.3 is 12.0 Å². The number of carboxylic acid groups (broad SMARTS) is 1. The summed E-state index contributed by atoms with van der Waals surface area (Å²) >= 11 is 1.55. The Balaban J connectivity index is 2.08. The van der Waals surface area contributed by atoms with E-state index in [1.165, 1.54) is 11.0 Å². The second-order valence-electron chi connectivity index (χ2n) is 4.12.